The lowest BCUT2D eigenvalue weighted by molar-refractivity contribution is -0.754. The Balaban J connectivity index is 4.56. The van der Waals surface area contributed by atoms with E-state index in [1.165, 1.54) is 21.2 Å². The highest BCUT2D eigenvalue weighted by molar-refractivity contribution is 7.83. The van der Waals surface area contributed by atoms with Crippen LogP contribution in [0, 0.1) is 0 Å². The Morgan fingerprint density at radius 2 is 1.92 bits per heavy atom. The van der Waals surface area contributed by atoms with Gasteiger partial charge in [0.15, 0.2) is 6.54 Å². The largest absolute Gasteiger partial charge is 0.465 e. The van der Waals surface area contributed by atoms with Crippen LogP contribution < -0.4 is 5.14 Å². The van der Waals surface area contributed by atoms with Gasteiger partial charge in [-0.15, -0.1) is 0 Å². The normalized spacial score (nSPS) is 12.7. The standard InChI is InChI=1S/C5H13N2O4S/c1-7(2,12(6,9)10)4-5(8)11-3/h4H2,1-3H3,(H2,6,9,10)/q+1. The van der Waals surface area contributed by atoms with E-state index in [-0.39, 0.29) is 6.54 Å². The Morgan fingerprint density at radius 1 is 1.50 bits per heavy atom. The van der Waals surface area contributed by atoms with Crippen molar-refractivity contribution in [2.24, 2.45) is 5.14 Å². The smallest absolute Gasteiger partial charge is 0.367 e. The number of likely N-dealkylation sites (N-methyl/N-ethyl adjacent to an activating group) is 1. The van der Waals surface area contributed by atoms with Crippen LogP contribution in [0.15, 0.2) is 0 Å². The third-order valence-electron chi connectivity index (χ3n) is 1.43. The average Bonchev–Trinajstić information content (AvgIpc) is 1.84. The van der Waals surface area contributed by atoms with Gasteiger partial charge >= 0.3 is 16.2 Å². The molecule has 0 aliphatic carbocycles. The molecule has 6 nitrogen and oxygen atoms in total. The van der Waals surface area contributed by atoms with Gasteiger partial charge in [-0.25, -0.2) is 8.68 Å². The predicted octanol–water partition coefficient (Wildman–Crippen LogP) is -1.56. The van der Waals surface area contributed by atoms with Crippen molar-refractivity contribution >= 4 is 16.2 Å². The number of methoxy groups -OCH3 is 1. The van der Waals surface area contributed by atoms with E-state index >= 15 is 0 Å². The molecular formula is C5H13N2O4S+. The fourth-order valence-corrected chi connectivity index (χ4v) is 0.751. The van der Waals surface area contributed by atoms with Crippen molar-refractivity contribution in [3.8, 4) is 0 Å². The lowest BCUT2D eigenvalue weighted by Crippen LogP contribution is -2.52. The van der Waals surface area contributed by atoms with Gasteiger partial charge < -0.3 is 4.74 Å². The Bertz CT molecular complexity index is 269. The topological polar surface area (TPSA) is 86.5 Å². The Hall–Kier alpha value is -0.660. The number of hydrogen-bond acceptors (Lipinski definition) is 4. The van der Waals surface area contributed by atoms with E-state index in [0.717, 1.165) is 0 Å². The highest BCUT2D eigenvalue weighted by Crippen LogP contribution is 2.02. The molecular weight excluding hydrogens is 184 g/mol. The summed E-state index contributed by atoms with van der Waals surface area (Å²) in [6, 6.07) is 0. The molecule has 0 atom stereocenters. The molecule has 0 aliphatic rings. The summed E-state index contributed by atoms with van der Waals surface area (Å²) in [6.07, 6.45) is 0. The molecule has 0 heterocycles. The molecule has 0 unspecified atom stereocenters. The molecule has 0 spiro atoms. The molecule has 0 saturated carbocycles. The first kappa shape index (κ1) is 11.3. The summed E-state index contributed by atoms with van der Waals surface area (Å²) in [7, 11) is 0.0386. The SMILES string of the molecule is COC(=O)C[N+](C)(C)S(N)(=O)=O. The summed E-state index contributed by atoms with van der Waals surface area (Å²) in [6.45, 7) is -0.296. The molecule has 72 valence electrons. The monoisotopic (exact) mass is 197 g/mol. The van der Waals surface area contributed by atoms with Crippen LogP contribution in [0.5, 0.6) is 0 Å². The number of quaternary nitrogens is 1. The second-order valence-electron chi connectivity index (χ2n) is 2.82. The van der Waals surface area contributed by atoms with Crippen LogP contribution in [0.3, 0.4) is 0 Å². The summed E-state index contributed by atoms with van der Waals surface area (Å²) < 4.78 is 25.4. The van der Waals surface area contributed by atoms with Crippen LogP contribution in [0.25, 0.3) is 0 Å². The minimum absolute atomic E-state index is 0.296. The molecule has 0 saturated heterocycles. The van der Waals surface area contributed by atoms with Crippen LogP contribution in [-0.4, -0.2) is 46.0 Å². The maximum atomic E-state index is 10.8. The van der Waals surface area contributed by atoms with Gasteiger partial charge in [0.25, 0.3) is 0 Å². The van der Waals surface area contributed by atoms with Crippen LogP contribution in [0.1, 0.15) is 0 Å². The van der Waals surface area contributed by atoms with Gasteiger partial charge in [-0.3, -0.25) is 0 Å². The van der Waals surface area contributed by atoms with Gasteiger partial charge in [-0.1, -0.05) is 0 Å². The van der Waals surface area contributed by atoms with Gasteiger partial charge in [0.2, 0.25) is 0 Å². The number of carbonyl (C=O) groups excluding carboxylic acids is 1. The highest BCUT2D eigenvalue weighted by atomic mass is 32.2. The molecule has 2 N–H and O–H groups in total. The van der Waals surface area contributed by atoms with Gasteiger partial charge in [0.05, 0.1) is 21.2 Å². The van der Waals surface area contributed by atoms with Crippen LogP contribution >= 0.6 is 0 Å². The van der Waals surface area contributed by atoms with E-state index in [2.05, 4.69) is 4.74 Å². The minimum atomic E-state index is -3.77. The number of esters is 1. The fourth-order valence-electron chi connectivity index (χ4n) is 0.465. The molecule has 0 radical (unpaired) electrons. The van der Waals surface area contributed by atoms with E-state index in [1.807, 2.05) is 0 Å². The zero-order valence-electron chi connectivity index (χ0n) is 7.27. The van der Waals surface area contributed by atoms with Crippen molar-refractivity contribution in [2.45, 2.75) is 0 Å². The third-order valence-corrected chi connectivity index (χ3v) is 2.93. The number of ether oxygens (including phenoxy) is 1. The molecule has 0 aliphatic heterocycles. The second-order valence-corrected chi connectivity index (χ2v) is 4.84. The Kier molecular flexibility index (Phi) is 3.19. The summed E-state index contributed by atoms with van der Waals surface area (Å²) in [5.41, 5.74) is 0. The molecule has 7 heteroatoms. The first-order chi connectivity index (χ1) is 5.20. The van der Waals surface area contributed by atoms with Crippen LogP contribution in [-0.2, 0) is 19.7 Å². The number of nitrogens with two attached hydrogens (primary N) is 1. The first-order valence-corrected chi connectivity index (χ1v) is 4.64. The average molecular weight is 197 g/mol. The lowest BCUT2D eigenvalue weighted by atomic mass is 10.6. The highest BCUT2D eigenvalue weighted by Gasteiger charge is 2.32. The third kappa shape index (κ3) is 2.76. The number of rotatable bonds is 3. The number of carbonyl (C=O) groups is 1. The second kappa shape index (κ2) is 3.38. The fraction of sp³-hybridized carbons (Fsp3) is 0.800. The molecule has 12 heavy (non-hydrogen) atoms. The van der Waals surface area contributed by atoms with Crippen molar-refractivity contribution < 1.29 is 21.8 Å². The van der Waals surface area contributed by atoms with Crippen molar-refractivity contribution in [1.82, 2.24) is 0 Å². The zero-order valence-corrected chi connectivity index (χ0v) is 8.09. The summed E-state index contributed by atoms with van der Waals surface area (Å²) >= 11 is 0. The first-order valence-electron chi connectivity index (χ1n) is 3.13. The minimum Gasteiger partial charge on any atom is -0.465 e. The van der Waals surface area contributed by atoms with E-state index in [4.69, 9.17) is 5.14 Å². The maximum Gasteiger partial charge on any atom is 0.367 e. The lowest BCUT2D eigenvalue weighted by Gasteiger charge is -2.23. The van der Waals surface area contributed by atoms with Crippen LogP contribution in [0.4, 0.5) is 0 Å². The Morgan fingerprint density at radius 3 is 2.17 bits per heavy atom. The zero-order chi connectivity index (χ0) is 9.99. The molecule has 0 aromatic heterocycles. The van der Waals surface area contributed by atoms with E-state index in [1.54, 1.807) is 0 Å². The van der Waals surface area contributed by atoms with E-state index < -0.39 is 20.1 Å². The summed E-state index contributed by atoms with van der Waals surface area (Å²) in [4.78, 5) is 10.7. The number of hydrogen-bond donors (Lipinski definition) is 1. The van der Waals surface area contributed by atoms with E-state index in [9.17, 15) is 13.2 Å². The summed E-state index contributed by atoms with van der Waals surface area (Å²) in [5.74, 6) is -0.617. The molecule has 0 fully saturated rings. The van der Waals surface area contributed by atoms with Crippen molar-refractivity contribution in [3.05, 3.63) is 0 Å². The van der Waals surface area contributed by atoms with Gasteiger partial charge in [0, 0.05) is 0 Å². The quantitative estimate of drug-likeness (QED) is 0.438. The van der Waals surface area contributed by atoms with E-state index in [0.29, 0.717) is 0 Å². The van der Waals surface area contributed by atoms with Gasteiger partial charge in [0.1, 0.15) is 0 Å². The molecule has 0 amide bonds. The van der Waals surface area contributed by atoms with Crippen molar-refractivity contribution in [2.75, 3.05) is 27.7 Å². The van der Waals surface area contributed by atoms with Crippen molar-refractivity contribution in [3.63, 3.8) is 0 Å². The number of nitrogens with zero attached hydrogens (tertiary/aromatic N) is 1. The van der Waals surface area contributed by atoms with Gasteiger partial charge in [-0.05, 0) is 0 Å². The molecule has 0 aromatic carbocycles. The Labute approximate surface area is 71.7 Å². The molecule has 0 rings (SSSR count). The van der Waals surface area contributed by atoms with Crippen molar-refractivity contribution in [1.29, 1.82) is 0 Å². The van der Waals surface area contributed by atoms with Crippen LogP contribution in [0.2, 0.25) is 0 Å². The van der Waals surface area contributed by atoms with Gasteiger partial charge in [-0.2, -0.15) is 13.6 Å². The maximum absolute atomic E-state index is 10.8. The predicted molar refractivity (Wildman–Crippen MR) is 42.1 cm³/mol. The molecule has 0 aromatic rings. The summed E-state index contributed by atoms with van der Waals surface area (Å²) in [5, 5.41) is 4.85. The molecule has 0 bridgehead atoms.